The van der Waals surface area contributed by atoms with Gasteiger partial charge in [-0.3, -0.25) is 4.79 Å². The fourth-order valence-corrected chi connectivity index (χ4v) is 2.84. The van der Waals surface area contributed by atoms with Gasteiger partial charge in [-0.25, -0.2) is 4.39 Å². The van der Waals surface area contributed by atoms with Gasteiger partial charge in [-0.2, -0.15) is 0 Å². The van der Waals surface area contributed by atoms with Crippen molar-refractivity contribution in [3.63, 3.8) is 0 Å². The number of hydrogen-bond acceptors (Lipinski definition) is 1. The minimum atomic E-state index is -0.330. The predicted molar refractivity (Wildman–Crippen MR) is 81.8 cm³/mol. The Labute approximate surface area is 123 Å². The first-order chi connectivity index (χ1) is 10.2. The van der Waals surface area contributed by atoms with E-state index in [1.165, 1.54) is 30.5 Å². The number of hydrogen-bond donors (Lipinski definition) is 2. The Balaban J connectivity index is 1.64. The summed E-state index contributed by atoms with van der Waals surface area (Å²) < 4.78 is 13.3. The van der Waals surface area contributed by atoms with Crippen molar-refractivity contribution in [1.82, 2.24) is 10.3 Å². The molecule has 110 valence electrons. The molecule has 1 aliphatic rings. The van der Waals surface area contributed by atoms with E-state index < -0.39 is 0 Å². The SMILES string of the molecule is O=C(NCCC1=CCCCC1)c1c[nH]c2ccc(F)cc12. The molecular weight excluding hydrogens is 267 g/mol. The minimum absolute atomic E-state index is 0.150. The highest BCUT2D eigenvalue weighted by Crippen LogP contribution is 2.21. The molecule has 1 aromatic carbocycles. The Morgan fingerprint density at radius 2 is 2.24 bits per heavy atom. The Kier molecular flexibility index (Phi) is 4.04. The molecule has 0 aliphatic heterocycles. The van der Waals surface area contributed by atoms with Gasteiger partial charge in [0, 0.05) is 23.6 Å². The van der Waals surface area contributed by atoms with Crippen molar-refractivity contribution in [2.45, 2.75) is 32.1 Å². The summed E-state index contributed by atoms with van der Waals surface area (Å²) in [6.45, 7) is 0.632. The topological polar surface area (TPSA) is 44.9 Å². The summed E-state index contributed by atoms with van der Waals surface area (Å²) in [6.07, 6.45) is 9.66. The summed E-state index contributed by atoms with van der Waals surface area (Å²) in [5.74, 6) is -0.480. The number of halogens is 1. The third-order valence-corrected chi connectivity index (χ3v) is 4.01. The van der Waals surface area contributed by atoms with Gasteiger partial charge >= 0.3 is 0 Å². The maximum atomic E-state index is 13.3. The van der Waals surface area contributed by atoms with E-state index in [2.05, 4.69) is 16.4 Å². The zero-order valence-corrected chi connectivity index (χ0v) is 11.9. The summed E-state index contributed by atoms with van der Waals surface area (Å²) in [7, 11) is 0. The highest BCUT2D eigenvalue weighted by Gasteiger charge is 2.12. The van der Waals surface area contributed by atoms with Crippen LogP contribution in [0.1, 0.15) is 42.5 Å². The molecule has 0 bridgehead atoms. The molecule has 0 unspecified atom stereocenters. The number of carbonyl (C=O) groups excluding carboxylic acids is 1. The van der Waals surface area contributed by atoms with Crippen molar-refractivity contribution >= 4 is 16.8 Å². The Morgan fingerprint density at radius 1 is 1.33 bits per heavy atom. The van der Waals surface area contributed by atoms with Crippen molar-refractivity contribution in [1.29, 1.82) is 0 Å². The van der Waals surface area contributed by atoms with Crippen LogP contribution in [0.15, 0.2) is 36.0 Å². The van der Waals surface area contributed by atoms with Gasteiger partial charge < -0.3 is 10.3 Å². The first kappa shape index (κ1) is 13.9. The zero-order valence-electron chi connectivity index (χ0n) is 11.9. The molecule has 1 heterocycles. The minimum Gasteiger partial charge on any atom is -0.360 e. The summed E-state index contributed by atoms with van der Waals surface area (Å²) in [5.41, 5.74) is 2.71. The second-order valence-corrected chi connectivity index (χ2v) is 5.51. The number of rotatable bonds is 4. The normalized spacial score (nSPS) is 15.0. The molecule has 4 heteroatoms. The van der Waals surface area contributed by atoms with Gasteiger partial charge in [0.15, 0.2) is 0 Å². The summed E-state index contributed by atoms with van der Waals surface area (Å²) in [5, 5.41) is 3.55. The van der Waals surface area contributed by atoms with E-state index in [-0.39, 0.29) is 11.7 Å². The molecule has 1 amide bonds. The molecular formula is C17H19FN2O. The van der Waals surface area contributed by atoms with Crippen LogP contribution in [-0.4, -0.2) is 17.4 Å². The van der Waals surface area contributed by atoms with Crippen LogP contribution in [0.5, 0.6) is 0 Å². The van der Waals surface area contributed by atoms with Crippen LogP contribution in [0, 0.1) is 5.82 Å². The molecule has 0 fully saturated rings. The molecule has 0 spiro atoms. The van der Waals surface area contributed by atoms with Crippen LogP contribution in [0.25, 0.3) is 10.9 Å². The zero-order chi connectivity index (χ0) is 14.7. The van der Waals surface area contributed by atoms with Crippen LogP contribution in [0.2, 0.25) is 0 Å². The van der Waals surface area contributed by atoms with Crippen molar-refractivity contribution in [3.8, 4) is 0 Å². The van der Waals surface area contributed by atoms with E-state index in [4.69, 9.17) is 0 Å². The average molecular weight is 286 g/mol. The Hall–Kier alpha value is -2.10. The molecule has 21 heavy (non-hydrogen) atoms. The van der Waals surface area contributed by atoms with Crippen molar-refractivity contribution in [2.75, 3.05) is 6.54 Å². The standard InChI is InChI=1S/C17H19FN2O/c18-13-6-7-16-14(10-13)15(11-20-16)17(21)19-9-8-12-4-2-1-3-5-12/h4,6-7,10-11,20H,1-3,5,8-9H2,(H,19,21). The first-order valence-electron chi connectivity index (χ1n) is 7.47. The highest BCUT2D eigenvalue weighted by atomic mass is 19.1. The van der Waals surface area contributed by atoms with E-state index >= 15 is 0 Å². The molecule has 1 aliphatic carbocycles. The number of aromatic amines is 1. The van der Waals surface area contributed by atoms with Crippen LogP contribution in [0.4, 0.5) is 4.39 Å². The molecule has 3 nitrogen and oxygen atoms in total. The smallest absolute Gasteiger partial charge is 0.253 e. The van der Waals surface area contributed by atoms with Gasteiger partial charge in [-0.05, 0) is 50.3 Å². The van der Waals surface area contributed by atoms with Crippen LogP contribution >= 0.6 is 0 Å². The van der Waals surface area contributed by atoms with E-state index in [9.17, 15) is 9.18 Å². The van der Waals surface area contributed by atoms with Gasteiger partial charge in [0.1, 0.15) is 5.82 Å². The molecule has 2 aromatic rings. The molecule has 0 saturated carbocycles. The van der Waals surface area contributed by atoms with Crippen LogP contribution in [0.3, 0.4) is 0 Å². The van der Waals surface area contributed by atoms with E-state index in [1.807, 2.05) is 0 Å². The van der Waals surface area contributed by atoms with Gasteiger partial charge in [0.25, 0.3) is 5.91 Å². The molecule has 1 aromatic heterocycles. The second-order valence-electron chi connectivity index (χ2n) is 5.51. The number of amides is 1. The quantitative estimate of drug-likeness (QED) is 0.822. The highest BCUT2D eigenvalue weighted by molar-refractivity contribution is 6.06. The van der Waals surface area contributed by atoms with Crippen LogP contribution < -0.4 is 5.32 Å². The number of fused-ring (bicyclic) bond motifs is 1. The van der Waals surface area contributed by atoms with E-state index in [1.54, 1.807) is 12.3 Å². The fraction of sp³-hybridized carbons (Fsp3) is 0.353. The predicted octanol–water partition coefficient (Wildman–Crippen LogP) is 3.93. The maximum Gasteiger partial charge on any atom is 0.253 e. The van der Waals surface area contributed by atoms with Gasteiger partial charge in [-0.1, -0.05) is 11.6 Å². The molecule has 2 N–H and O–H groups in total. The molecule has 0 radical (unpaired) electrons. The number of H-pyrrole nitrogens is 1. The van der Waals surface area contributed by atoms with Gasteiger partial charge in [0.2, 0.25) is 0 Å². The third-order valence-electron chi connectivity index (χ3n) is 4.01. The van der Waals surface area contributed by atoms with Gasteiger partial charge in [0.05, 0.1) is 5.56 Å². The van der Waals surface area contributed by atoms with E-state index in [0.717, 1.165) is 24.8 Å². The van der Waals surface area contributed by atoms with Crippen molar-refractivity contribution < 1.29 is 9.18 Å². The first-order valence-corrected chi connectivity index (χ1v) is 7.47. The number of nitrogens with one attached hydrogen (secondary N) is 2. The lowest BCUT2D eigenvalue weighted by Crippen LogP contribution is -2.24. The van der Waals surface area contributed by atoms with Crippen LogP contribution in [-0.2, 0) is 0 Å². The summed E-state index contributed by atoms with van der Waals surface area (Å²) in [6, 6.07) is 4.43. The van der Waals surface area contributed by atoms with E-state index in [0.29, 0.717) is 17.5 Å². The number of allylic oxidation sites excluding steroid dienone is 1. The molecule has 0 atom stereocenters. The molecule has 0 saturated heterocycles. The number of benzene rings is 1. The lowest BCUT2D eigenvalue weighted by Gasteiger charge is -2.12. The third kappa shape index (κ3) is 3.15. The summed E-state index contributed by atoms with van der Waals surface area (Å²) in [4.78, 5) is 15.2. The summed E-state index contributed by atoms with van der Waals surface area (Å²) >= 11 is 0. The monoisotopic (exact) mass is 286 g/mol. The van der Waals surface area contributed by atoms with Crippen molar-refractivity contribution in [2.24, 2.45) is 0 Å². The average Bonchev–Trinajstić information content (AvgIpc) is 2.91. The van der Waals surface area contributed by atoms with Gasteiger partial charge in [-0.15, -0.1) is 0 Å². The number of carbonyl (C=O) groups is 1. The lowest BCUT2D eigenvalue weighted by atomic mass is 9.97. The Morgan fingerprint density at radius 3 is 3.05 bits per heavy atom. The largest absolute Gasteiger partial charge is 0.360 e. The second kappa shape index (κ2) is 6.12. The number of aromatic nitrogens is 1. The molecule has 3 rings (SSSR count). The maximum absolute atomic E-state index is 13.3. The van der Waals surface area contributed by atoms with Crippen molar-refractivity contribution in [3.05, 3.63) is 47.4 Å². The Bertz CT molecular complexity index is 687. The fourth-order valence-electron chi connectivity index (χ4n) is 2.84. The lowest BCUT2D eigenvalue weighted by molar-refractivity contribution is 0.0955.